The number of halogens is 8. The zero-order valence-corrected chi connectivity index (χ0v) is 13.9. The molecule has 136 valence electrons. The van der Waals surface area contributed by atoms with E-state index >= 15 is 0 Å². The number of rotatable bonds is 3. The van der Waals surface area contributed by atoms with Gasteiger partial charge in [-0.15, -0.1) is 0 Å². The van der Waals surface area contributed by atoms with Gasteiger partial charge in [-0.05, 0) is 40.5 Å². The van der Waals surface area contributed by atoms with Gasteiger partial charge in [0.05, 0.1) is 0 Å². The largest absolute Gasteiger partial charge is 0.454 e. The Morgan fingerprint density at radius 1 is 1.04 bits per heavy atom. The Labute approximate surface area is 145 Å². The average Bonchev–Trinajstić information content (AvgIpc) is 2.43. The smallest absolute Gasteiger partial charge is 0.434 e. The first-order valence-electron chi connectivity index (χ1n) is 6.63. The van der Waals surface area contributed by atoms with Crippen molar-refractivity contribution in [2.24, 2.45) is 0 Å². The van der Waals surface area contributed by atoms with E-state index in [1.807, 2.05) is 0 Å². The van der Waals surface area contributed by atoms with E-state index in [4.69, 9.17) is 0 Å². The topological polar surface area (TPSA) is 22.1 Å². The molecule has 0 bridgehead atoms. The first kappa shape index (κ1) is 19.5. The van der Waals surface area contributed by atoms with Crippen LogP contribution in [-0.4, -0.2) is 23.4 Å². The number of pyridine rings is 1. The van der Waals surface area contributed by atoms with Crippen molar-refractivity contribution in [3.05, 3.63) is 46.3 Å². The Balaban J connectivity index is 2.64. The maximum Gasteiger partial charge on any atom is 0.434 e. The maximum atomic E-state index is 14.0. The summed E-state index contributed by atoms with van der Waals surface area (Å²) in [4.78, 5) is 3.55. The number of hydrogen-bond acceptors (Lipinski definition) is 2. The van der Waals surface area contributed by atoms with Crippen molar-refractivity contribution in [1.29, 1.82) is 0 Å². The molecule has 1 heterocycles. The van der Waals surface area contributed by atoms with E-state index in [1.165, 1.54) is 31.2 Å². The molecule has 0 spiro atoms. The lowest BCUT2D eigenvalue weighted by Gasteiger charge is -2.25. The molecular weight excluding hydrogens is 423 g/mol. The van der Waals surface area contributed by atoms with Crippen LogP contribution >= 0.6 is 15.9 Å². The normalized spacial score (nSPS) is 12.6. The average molecular weight is 432 g/mol. The first-order chi connectivity index (χ1) is 11.4. The second-order valence-corrected chi connectivity index (χ2v) is 5.82. The molecule has 0 fully saturated rings. The summed E-state index contributed by atoms with van der Waals surface area (Å²) in [5.41, 5.74) is -0.331. The molecule has 0 saturated carbocycles. The Hall–Kier alpha value is -1.84. The molecule has 0 aliphatic rings. The van der Waals surface area contributed by atoms with Crippen molar-refractivity contribution in [2.45, 2.75) is 25.4 Å². The molecule has 0 unspecified atom stereocenters. The van der Waals surface area contributed by atoms with E-state index in [0.717, 1.165) is 6.07 Å². The second-order valence-electron chi connectivity index (χ2n) is 5.00. The zero-order chi connectivity index (χ0) is 19.0. The number of nitrogens with zero attached hydrogens (tertiary/aromatic N) is 1. The van der Waals surface area contributed by atoms with Gasteiger partial charge in [-0.25, -0.2) is 9.37 Å². The van der Waals surface area contributed by atoms with Crippen LogP contribution in [0.3, 0.4) is 0 Å². The van der Waals surface area contributed by atoms with Gasteiger partial charge in [0.15, 0.2) is 0 Å². The van der Waals surface area contributed by atoms with Gasteiger partial charge >= 0.3 is 12.4 Å². The zero-order valence-electron chi connectivity index (χ0n) is 12.3. The predicted molar refractivity (Wildman–Crippen MR) is 78.6 cm³/mol. The fourth-order valence-corrected chi connectivity index (χ4v) is 2.62. The van der Waals surface area contributed by atoms with E-state index in [9.17, 15) is 30.7 Å². The molecule has 0 aliphatic heterocycles. The van der Waals surface area contributed by atoms with Gasteiger partial charge in [-0.2, -0.15) is 26.3 Å². The van der Waals surface area contributed by atoms with Crippen LogP contribution < -0.4 is 4.74 Å². The van der Waals surface area contributed by atoms with E-state index < -0.39 is 30.2 Å². The SMILES string of the molecule is Cc1cc(Br)nc(OC(C(F)(F)F)C(F)(F)F)c1-c1ccccc1F. The molecule has 25 heavy (non-hydrogen) atoms. The Morgan fingerprint density at radius 3 is 2.12 bits per heavy atom. The highest BCUT2D eigenvalue weighted by Gasteiger charge is 2.59. The van der Waals surface area contributed by atoms with Crippen LogP contribution in [0.2, 0.25) is 0 Å². The molecule has 0 amide bonds. The summed E-state index contributed by atoms with van der Waals surface area (Å²) >= 11 is 2.88. The van der Waals surface area contributed by atoms with Gasteiger partial charge in [0, 0.05) is 11.1 Å². The molecule has 2 rings (SSSR count). The van der Waals surface area contributed by atoms with Crippen LogP contribution in [0.5, 0.6) is 5.88 Å². The minimum atomic E-state index is -5.72. The molecule has 1 aromatic heterocycles. The fourth-order valence-electron chi connectivity index (χ4n) is 2.11. The molecule has 10 heteroatoms. The molecule has 1 aromatic carbocycles. The number of aromatic nitrogens is 1. The van der Waals surface area contributed by atoms with Gasteiger partial charge in [-0.3, -0.25) is 0 Å². The van der Waals surface area contributed by atoms with Crippen molar-refractivity contribution in [3.63, 3.8) is 0 Å². The molecule has 0 N–H and O–H groups in total. The standard InChI is InChI=1S/C15H9BrF7NO/c1-7-6-10(16)24-12(11(7)8-4-2-3-5-9(8)17)25-13(14(18,19)20)15(21,22)23/h2-6,13H,1H3. The predicted octanol–water partition coefficient (Wildman–Crippen LogP) is 5.83. The van der Waals surface area contributed by atoms with Gasteiger partial charge in [-0.1, -0.05) is 18.2 Å². The highest BCUT2D eigenvalue weighted by molar-refractivity contribution is 9.10. The number of hydrogen-bond donors (Lipinski definition) is 0. The van der Waals surface area contributed by atoms with Crippen molar-refractivity contribution >= 4 is 15.9 Å². The van der Waals surface area contributed by atoms with E-state index in [0.29, 0.717) is 0 Å². The third-order valence-electron chi connectivity index (χ3n) is 3.12. The second kappa shape index (κ2) is 6.81. The van der Waals surface area contributed by atoms with Crippen molar-refractivity contribution < 1.29 is 35.5 Å². The quantitative estimate of drug-likeness (QED) is 0.450. The fraction of sp³-hybridized carbons (Fsp3) is 0.267. The summed E-state index contributed by atoms with van der Waals surface area (Å²) < 4.78 is 94.7. The molecule has 0 atom stereocenters. The minimum Gasteiger partial charge on any atom is -0.454 e. The summed E-state index contributed by atoms with van der Waals surface area (Å²) in [6.45, 7) is 1.39. The Bertz CT molecular complexity index is 759. The van der Waals surface area contributed by atoms with Crippen molar-refractivity contribution in [2.75, 3.05) is 0 Å². The maximum absolute atomic E-state index is 14.0. The van der Waals surface area contributed by atoms with Gasteiger partial charge in [0.2, 0.25) is 5.88 Å². The summed E-state index contributed by atoms with van der Waals surface area (Å²) in [7, 11) is 0. The van der Waals surface area contributed by atoms with Crippen LogP contribution in [0.1, 0.15) is 5.56 Å². The molecule has 2 aromatic rings. The first-order valence-corrected chi connectivity index (χ1v) is 7.42. The van der Waals surface area contributed by atoms with Crippen LogP contribution in [0.15, 0.2) is 34.9 Å². The Morgan fingerprint density at radius 2 is 1.60 bits per heavy atom. The minimum absolute atomic E-state index is 0.0526. The highest BCUT2D eigenvalue weighted by atomic mass is 79.9. The lowest BCUT2D eigenvalue weighted by atomic mass is 10.0. The van der Waals surface area contributed by atoms with Gasteiger partial charge < -0.3 is 4.74 Å². The summed E-state index contributed by atoms with van der Waals surface area (Å²) in [5.74, 6) is -1.81. The van der Waals surface area contributed by atoms with E-state index in [2.05, 4.69) is 25.7 Å². The van der Waals surface area contributed by atoms with Crippen LogP contribution in [0.4, 0.5) is 30.7 Å². The molecule has 0 saturated heterocycles. The summed E-state index contributed by atoms with van der Waals surface area (Å²) in [6.07, 6.45) is -15.5. The Kier molecular flexibility index (Phi) is 5.31. The lowest BCUT2D eigenvalue weighted by molar-refractivity contribution is -0.300. The highest BCUT2D eigenvalue weighted by Crippen LogP contribution is 2.41. The van der Waals surface area contributed by atoms with Gasteiger partial charge in [0.25, 0.3) is 6.10 Å². The van der Waals surface area contributed by atoms with Crippen LogP contribution in [0.25, 0.3) is 11.1 Å². The molecule has 0 radical (unpaired) electrons. The number of alkyl halides is 6. The van der Waals surface area contributed by atoms with Crippen LogP contribution in [-0.2, 0) is 0 Å². The van der Waals surface area contributed by atoms with Crippen molar-refractivity contribution in [1.82, 2.24) is 4.98 Å². The number of aryl methyl sites for hydroxylation is 1. The number of ether oxygens (including phenoxy) is 1. The lowest BCUT2D eigenvalue weighted by Crippen LogP contribution is -2.46. The van der Waals surface area contributed by atoms with E-state index in [1.54, 1.807) is 0 Å². The molecule has 0 aliphatic carbocycles. The third-order valence-corrected chi connectivity index (χ3v) is 3.53. The van der Waals surface area contributed by atoms with Crippen LogP contribution in [0, 0.1) is 12.7 Å². The summed E-state index contributed by atoms with van der Waals surface area (Å²) in [6, 6.07) is 6.26. The monoisotopic (exact) mass is 431 g/mol. The number of benzene rings is 1. The molecule has 2 nitrogen and oxygen atoms in total. The van der Waals surface area contributed by atoms with Crippen molar-refractivity contribution in [3.8, 4) is 17.0 Å². The third kappa shape index (κ3) is 4.42. The van der Waals surface area contributed by atoms with Gasteiger partial charge in [0.1, 0.15) is 10.4 Å². The molecular formula is C15H9BrF7NO. The summed E-state index contributed by atoms with van der Waals surface area (Å²) in [5, 5.41) is 0. The van der Waals surface area contributed by atoms with E-state index in [-0.39, 0.29) is 21.3 Å².